The van der Waals surface area contributed by atoms with Gasteiger partial charge in [-0.3, -0.25) is 0 Å². The predicted octanol–water partition coefficient (Wildman–Crippen LogP) is 1.30. The maximum absolute atomic E-state index is 9.06. The van der Waals surface area contributed by atoms with Crippen LogP contribution in [0.3, 0.4) is 0 Å². The Kier molecular flexibility index (Phi) is 1.02. The van der Waals surface area contributed by atoms with Gasteiger partial charge in [-0.2, -0.15) is 5.32 Å². The van der Waals surface area contributed by atoms with Gasteiger partial charge in [-0.25, -0.2) is 0 Å². The molecule has 0 unspecified atom stereocenters. The van der Waals surface area contributed by atoms with Crippen LogP contribution in [0.1, 0.15) is 5.56 Å². The van der Waals surface area contributed by atoms with Crippen molar-refractivity contribution in [3.8, 4) is 11.5 Å². The Balaban J connectivity index is 2.63. The smallest absolute Gasteiger partial charge is 0.202 e. The number of fused-ring (bicyclic) bond motifs is 1. The normalized spacial score (nSPS) is 12.0. The number of phenols is 2. The Morgan fingerprint density at radius 3 is 2.73 bits per heavy atom. The molecule has 0 amide bonds. The zero-order valence-corrected chi connectivity index (χ0v) is 5.63. The number of benzene rings is 1. The second-order valence-electron chi connectivity index (χ2n) is 2.34. The van der Waals surface area contributed by atoms with Gasteiger partial charge < -0.3 is 10.2 Å². The van der Waals surface area contributed by atoms with Crippen molar-refractivity contribution in [2.75, 3.05) is 5.32 Å². The average Bonchev–Trinajstić information content (AvgIpc) is 2.36. The molecule has 0 saturated carbocycles. The Labute approximate surface area is 63.6 Å². The Morgan fingerprint density at radius 1 is 1.18 bits per heavy atom. The van der Waals surface area contributed by atoms with Crippen LogP contribution in [0.15, 0.2) is 12.1 Å². The zero-order chi connectivity index (χ0) is 7.84. The molecule has 0 radical (unpaired) electrons. The van der Waals surface area contributed by atoms with Gasteiger partial charge >= 0.3 is 0 Å². The zero-order valence-electron chi connectivity index (χ0n) is 5.63. The minimum absolute atomic E-state index is 0.106. The van der Waals surface area contributed by atoms with E-state index in [9.17, 15) is 0 Å². The lowest BCUT2D eigenvalue weighted by Crippen LogP contribution is -1.82. The molecule has 3 nitrogen and oxygen atoms in total. The maximum Gasteiger partial charge on any atom is 0.202 e. The van der Waals surface area contributed by atoms with Gasteiger partial charge in [0, 0.05) is 0 Å². The summed E-state index contributed by atoms with van der Waals surface area (Å²) in [5, 5.41) is 20.9. The molecule has 0 atom stereocenters. The van der Waals surface area contributed by atoms with Crippen molar-refractivity contribution in [2.24, 2.45) is 0 Å². The van der Waals surface area contributed by atoms with E-state index in [1.165, 1.54) is 12.1 Å². The van der Waals surface area contributed by atoms with Gasteiger partial charge in [-0.1, -0.05) is 0 Å². The minimum atomic E-state index is -0.117. The van der Waals surface area contributed by atoms with Gasteiger partial charge in [0.1, 0.15) is 12.3 Å². The lowest BCUT2D eigenvalue weighted by Gasteiger charge is -1.94. The molecule has 1 heterocycles. The van der Waals surface area contributed by atoms with Crippen LogP contribution in [0.5, 0.6) is 11.5 Å². The Bertz CT molecular complexity index is 331. The number of anilines is 1. The lowest BCUT2D eigenvalue weighted by atomic mass is 10.2. The van der Waals surface area contributed by atoms with Crippen LogP contribution >= 0.6 is 0 Å². The first kappa shape index (κ1) is 6.01. The lowest BCUT2D eigenvalue weighted by molar-refractivity contribution is 0.404. The van der Waals surface area contributed by atoms with Gasteiger partial charge in [0.15, 0.2) is 17.1 Å². The number of hydrogen-bond acceptors (Lipinski definition) is 3. The van der Waals surface area contributed by atoms with Crippen molar-refractivity contribution in [3.63, 3.8) is 0 Å². The van der Waals surface area contributed by atoms with Gasteiger partial charge in [0.2, 0.25) is 5.69 Å². The quantitative estimate of drug-likeness (QED) is 0.295. The number of aromatic hydroxyl groups is 2. The standard InChI is InChI=1S/C8H5NO2/c10-7-3-5-1-2-9-6(5)4-8(7)11/h1,3-4,9H,(H-,10,11)/p+1. The maximum atomic E-state index is 9.06. The molecule has 0 fully saturated rings. The summed E-state index contributed by atoms with van der Waals surface area (Å²) in [7, 11) is 0. The molecule has 2 rings (SSSR count). The molecule has 1 aromatic carbocycles. The highest BCUT2D eigenvalue weighted by Gasteiger charge is 2.19. The SMILES string of the molecule is Oc1cc2c(cc1O)N[C+]=C2. The molecular formula is C8H6NO2+. The molecule has 0 aliphatic carbocycles. The van der Waals surface area contributed by atoms with Crippen LogP contribution in [0.4, 0.5) is 5.69 Å². The van der Waals surface area contributed by atoms with Gasteiger partial charge in [-0.15, -0.1) is 0 Å². The van der Waals surface area contributed by atoms with Crippen LogP contribution in [-0.4, -0.2) is 10.2 Å². The summed E-state index contributed by atoms with van der Waals surface area (Å²) >= 11 is 0. The number of nitrogens with one attached hydrogen (secondary N) is 1. The third-order valence-corrected chi connectivity index (χ3v) is 1.58. The van der Waals surface area contributed by atoms with Crippen molar-refractivity contribution in [2.45, 2.75) is 0 Å². The fourth-order valence-electron chi connectivity index (χ4n) is 1.01. The molecule has 1 aromatic rings. The molecule has 1 aliphatic rings. The van der Waals surface area contributed by atoms with E-state index >= 15 is 0 Å². The number of rotatable bonds is 0. The van der Waals surface area contributed by atoms with E-state index in [4.69, 9.17) is 10.2 Å². The van der Waals surface area contributed by atoms with Gasteiger partial charge in [-0.05, 0) is 0 Å². The highest BCUT2D eigenvalue weighted by molar-refractivity contribution is 5.75. The third kappa shape index (κ3) is 0.791. The molecule has 11 heavy (non-hydrogen) atoms. The van der Waals surface area contributed by atoms with E-state index < -0.39 is 0 Å². The molecule has 0 bridgehead atoms. The van der Waals surface area contributed by atoms with Crippen molar-refractivity contribution < 1.29 is 10.2 Å². The van der Waals surface area contributed by atoms with Crippen LogP contribution in [0, 0.1) is 6.20 Å². The summed E-state index contributed by atoms with van der Waals surface area (Å²) in [5.74, 6) is -0.223. The number of hydrogen-bond donors (Lipinski definition) is 3. The van der Waals surface area contributed by atoms with Gasteiger partial charge in [0.05, 0.1) is 12.1 Å². The molecule has 0 saturated heterocycles. The molecule has 3 N–H and O–H groups in total. The van der Waals surface area contributed by atoms with Crippen LogP contribution < -0.4 is 5.32 Å². The Morgan fingerprint density at radius 2 is 1.91 bits per heavy atom. The molecule has 3 heteroatoms. The van der Waals surface area contributed by atoms with Crippen LogP contribution in [0.2, 0.25) is 0 Å². The van der Waals surface area contributed by atoms with Crippen molar-refractivity contribution >= 4 is 11.8 Å². The first-order chi connectivity index (χ1) is 5.27. The second-order valence-corrected chi connectivity index (χ2v) is 2.34. The summed E-state index contributed by atoms with van der Waals surface area (Å²) in [6.45, 7) is 0. The van der Waals surface area contributed by atoms with E-state index in [1.807, 2.05) is 0 Å². The van der Waals surface area contributed by atoms with Crippen molar-refractivity contribution in [1.29, 1.82) is 0 Å². The molecule has 1 aliphatic heterocycles. The summed E-state index contributed by atoms with van der Waals surface area (Å²) in [5.41, 5.74) is 1.60. The van der Waals surface area contributed by atoms with Crippen molar-refractivity contribution in [3.05, 3.63) is 23.9 Å². The highest BCUT2D eigenvalue weighted by atomic mass is 16.3. The van der Waals surface area contributed by atoms with Crippen LogP contribution in [-0.2, 0) is 0 Å². The second kappa shape index (κ2) is 1.87. The average molecular weight is 148 g/mol. The van der Waals surface area contributed by atoms with Gasteiger partial charge in [0.25, 0.3) is 0 Å². The van der Waals surface area contributed by atoms with E-state index in [1.54, 1.807) is 6.08 Å². The van der Waals surface area contributed by atoms with E-state index in [-0.39, 0.29) is 11.5 Å². The summed E-state index contributed by atoms with van der Waals surface area (Å²) in [4.78, 5) is 0. The fourth-order valence-corrected chi connectivity index (χ4v) is 1.01. The van der Waals surface area contributed by atoms with E-state index in [0.29, 0.717) is 0 Å². The number of phenolic OH excluding ortho intramolecular Hbond substituents is 2. The largest absolute Gasteiger partial charge is 0.503 e. The molecular weight excluding hydrogens is 142 g/mol. The molecule has 0 spiro atoms. The minimum Gasteiger partial charge on any atom is -0.503 e. The molecule has 54 valence electrons. The van der Waals surface area contributed by atoms with E-state index in [0.717, 1.165) is 11.3 Å². The third-order valence-electron chi connectivity index (χ3n) is 1.58. The highest BCUT2D eigenvalue weighted by Crippen LogP contribution is 2.33. The summed E-state index contributed by atoms with van der Waals surface area (Å²) in [6.07, 6.45) is 4.45. The summed E-state index contributed by atoms with van der Waals surface area (Å²) in [6, 6.07) is 2.94. The predicted molar refractivity (Wildman–Crippen MR) is 41.1 cm³/mol. The monoisotopic (exact) mass is 148 g/mol. The summed E-state index contributed by atoms with van der Waals surface area (Å²) < 4.78 is 0. The first-order valence-electron chi connectivity index (χ1n) is 3.18. The van der Waals surface area contributed by atoms with E-state index in [2.05, 4.69) is 11.5 Å². The van der Waals surface area contributed by atoms with Crippen molar-refractivity contribution in [1.82, 2.24) is 0 Å². The first-order valence-corrected chi connectivity index (χ1v) is 3.18. The fraction of sp³-hybridized carbons (Fsp3) is 0. The molecule has 0 aromatic heterocycles. The topological polar surface area (TPSA) is 52.5 Å². The Hall–Kier alpha value is -1.73. The van der Waals surface area contributed by atoms with Crippen LogP contribution in [0.25, 0.3) is 6.08 Å².